The predicted octanol–water partition coefficient (Wildman–Crippen LogP) is 3.86. The number of hydrogen-bond acceptors (Lipinski definition) is 10. The number of hydrogen-bond donors (Lipinski definition) is 0. The summed E-state index contributed by atoms with van der Waals surface area (Å²) >= 11 is 0. The van der Waals surface area contributed by atoms with Crippen molar-refractivity contribution in [2.24, 2.45) is 5.11 Å². The molecule has 1 unspecified atom stereocenters. The molecule has 0 amide bonds. The van der Waals surface area contributed by atoms with E-state index >= 15 is 0 Å². The van der Waals surface area contributed by atoms with E-state index in [1.165, 1.54) is 32.9 Å². The molecule has 0 bridgehead atoms. The second-order valence-corrected chi connectivity index (χ2v) is 9.87. The van der Waals surface area contributed by atoms with Gasteiger partial charge in [0.25, 0.3) is 0 Å². The van der Waals surface area contributed by atoms with Crippen molar-refractivity contribution in [2.75, 3.05) is 6.61 Å². The number of esters is 4. The van der Waals surface area contributed by atoms with E-state index in [1.54, 1.807) is 23.8 Å². The number of benzene rings is 2. The van der Waals surface area contributed by atoms with E-state index in [9.17, 15) is 23.6 Å². The van der Waals surface area contributed by atoms with Crippen LogP contribution in [0.2, 0.25) is 0 Å². The molecule has 4 rings (SSSR count). The molecular weight excluding hydrogens is 551 g/mol. The molecule has 2 heterocycles. The Balaban J connectivity index is 1.93. The summed E-state index contributed by atoms with van der Waals surface area (Å²) in [6.07, 6.45) is -6.12. The zero-order valence-electron chi connectivity index (χ0n) is 23.8. The van der Waals surface area contributed by atoms with Gasteiger partial charge >= 0.3 is 23.9 Å². The first-order valence-electron chi connectivity index (χ1n) is 13.3. The van der Waals surface area contributed by atoms with E-state index < -0.39 is 66.3 Å². The van der Waals surface area contributed by atoms with Gasteiger partial charge in [-0.05, 0) is 41.0 Å². The molecule has 2 aliphatic rings. The highest BCUT2D eigenvalue weighted by Crippen LogP contribution is 2.42. The summed E-state index contributed by atoms with van der Waals surface area (Å²) in [7, 11) is 0. The molecule has 0 spiro atoms. The first-order valence-corrected chi connectivity index (χ1v) is 13.3. The topological polar surface area (TPSA) is 130 Å². The van der Waals surface area contributed by atoms with Crippen molar-refractivity contribution in [1.82, 2.24) is 0 Å². The maximum absolute atomic E-state index is 13.8. The summed E-state index contributed by atoms with van der Waals surface area (Å²) in [6.45, 7) is 6.18. The number of azo groups is 2. The summed E-state index contributed by atoms with van der Waals surface area (Å²) in [4.78, 5) is 48.5. The minimum Gasteiger partial charge on any atom is -0.463 e. The van der Waals surface area contributed by atoms with Crippen LogP contribution >= 0.6 is 0 Å². The summed E-state index contributed by atoms with van der Waals surface area (Å²) in [6, 6.07) is 14.4. The summed E-state index contributed by atoms with van der Waals surface area (Å²) in [5, 5.41) is 4.81. The smallest absolute Gasteiger partial charge is 0.303 e. The summed E-state index contributed by atoms with van der Waals surface area (Å²) in [5.41, 5.74) is 2.39. The van der Waals surface area contributed by atoms with Crippen molar-refractivity contribution < 1.29 is 52.0 Å². The van der Waals surface area contributed by atoms with E-state index in [0.29, 0.717) is 17.0 Å². The van der Waals surface area contributed by atoms with Crippen LogP contribution in [0.5, 0.6) is 0 Å². The van der Waals surface area contributed by atoms with Crippen molar-refractivity contribution in [3.05, 3.63) is 71.6 Å². The lowest BCUT2D eigenvalue weighted by atomic mass is 9.86. The first-order chi connectivity index (χ1) is 20.0. The summed E-state index contributed by atoms with van der Waals surface area (Å²) < 4.78 is 44.0. The normalized spacial score (nSPS) is 25.3. The van der Waals surface area contributed by atoms with Crippen LogP contribution < -0.4 is 0 Å². The Morgan fingerprint density at radius 1 is 0.810 bits per heavy atom. The van der Waals surface area contributed by atoms with Crippen LogP contribution in [0, 0.1) is 5.82 Å². The molecule has 0 aliphatic carbocycles. The van der Waals surface area contributed by atoms with Gasteiger partial charge in [-0.15, -0.1) is 0 Å². The number of carbonyl (C=O) groups is 4. The maximum atomic E-state index is 13.8. The van der Waals surface area contributed by atoms with E-state index in [1.807, 2.05) is 30.3 Å². The van der Waals surface area contributed by atoms with Crippen molar-refractivity contribution in [2.45, 2.75) is 71.2 Å². The number of carbonyl (C=O) groups excluding carboxylic acids is 4. The van der Waals surface area contributed by atoms with Crippen LogP contribution in [0.15, 0.2) is 65.3 Å². The highest BCUT2D eigenvalue weighted by atomic mass is 19.1. The minimum absolute atomic E-state index is 0.352. The summed E-state index contributed by atoms with van der Waals surface area (Å²) in [5.74, 6) is -3.18. The van der Waals surface area contributed by atoms with Crippen LogP contribution in [-0.2, 0) is 42.9 Å². The third-order valence-electron chi connectivity index (χ3n) is 6.64. The van der Waals surface area contributed by atoms with E-state index in [4.69, 9.17) is 28.8 Å². The fourth-order valence-electron chi connectivity index (χ4n) is 5.13. The zero-order valence-corrected chi connectivity index (χ0v) is 23.8. The van der Waals surface area contributed by atoms with E-state index in [0.717, 1.165) is 12.5 Å². The Morgan fingerprint density at radius 3 is 1.95 bits per heavy atom. The average Bonchev–Trinajstić information content (AvgIpc) is 3.26. The van der Waals surface area contributed by atoms with Crippen molar-refractivity contribution in [1.29, 1.82) is 0 Å². The minimum atomic E-state index is -1.33. The molecule has 0 radical (unpaired) electrons. The lowest BCUT2D eigenvalue weighted by Gasteiger charge is -2.44. The fraction of sp³-hybridized carbons (Fsp3) is 0.400. The SMILES string of the molecule is CC(=O)OC[C@H]1O[C@@H](C2=C(c3ccccc3)[N+](c3ccc(F)cc3)=NC2C)[C@H](OC(C)=O)[C@@H](OC(C)=O)[C@@H]1OC(C)=O. The second-order valence-electron chi connectivity index (χ2n) is 9.87. The monoisotopic (exact) mass is 583 g/mol. The molecule has 12 heteroatoms. The molecule has 42 heavy (non-hydrogen) atoms. The largest absolute Gasteiger partial charge is 0.463 e. The van der Waals surface area contributed by atoms with Gasteiger partial charge in [-0.1, -0.05) is 18.2 Å². The Bertz CT molecular complexity index is 1410. The van der Waals surface area contributed by atoms with Crippen molar-refractivity contribution >= 4 is 35.3 Å². The molecule has 1 fully saturated rings. The Hall–Kier alpha value is -4.45. The molecule has 0 saturated carbocycles. The molecule has 222 valence electrons. The van der Waals surface area contributed by atoms with Gasteiger partial charge in [0.05, 0.1) is 5.57 Å². The first kappa shape index (κ1) is 30.5. The average molecular weight is 584 g/mol. The fourth-order valence-corrected chi connectivity index (χ4v) is 5.13. The number of rotatable bonds is 8. The molecule has 2 aromatic rings. The Morgan fingerprint density at radius 2 is 1.38 bits per heavy atom. The van der Waals surface area contributed by atoms with Crippen LogP contribution in [0.25, 0.3) is 5.70 Å². The van der Waals surface area contributed by atoms with Gasteiger partial charge in [0.15, 0.2) is 18.3 Å². The van der Waals surface area contributed by atoms with Gasteiger partial charge in [-0.3, -0.25) is 19.2 Å². The van der Waals surface area contributed by atoms with Gasteiger partial charge < -0.3 is 23.7 Å². The Kier molecular flexibility index (Phi) is 9.46. The molecule has 0 aromatic heterocycles. The molecule has 0 N–H and O–H groups in total. The highest BCUT2D eigenvalue weighted by molar-refractivity contribution is 5.70. The van der Waals surface area contributed by atoms with Crippen LogP contribution in [-0.4, -0.2) is 71.7 Å². The van der Waals surface area contributed by atoms with E-state index in [-0.39, 0.29) is 6.61 Å². The molecule has 1 saturated heterocycles. The highest BCUT2D eigenvalue weighted by Gasteiger charge is 2.56. The lowest BCUT2D eigenvalue weighted by molar-refractivity contribution is -0.411. The van der Waals surface area contributed by atoms with Gasteiger partial charge in [0.2, 0.25) is 11.4 Å². The zero-order chi connectivity index (χ0) is 30.6. The van der Waals surface area contributed by atoms with Gasteiger partial charge in [-0.25, -0.2) is 4.39 Å². The van der Waals surface area contributed by atoms with Crippen LogP contribution in [0.4, 0.5) is 10.1 Å². The predicted molar refractivity (Wildman–Crippen MR) is 144 cm³/mol. The third-order valence-corrected chi connectivity index (χ3v) is 6.64. The number of ether oxygens (including phenoxy) is 5. The number of nitrogens with zero attached hydrogens (tertiary/aromatic N) is 2. The van der Waals surface area contributed by atoms with Crippen molar-refractivity contribution in [3.63, 3.8) is 0 Å². The lowest BCUT2D eigenvalue weighted by Crippen LogP contribution is -2.63. The third kappa shape index (κ3) is 6.88. The maximum Gasteiger partial charge on any atom is 0.303 e. The van der Waals surface area contributed by atoms with Gasteiger partial charge in [-0.2, -0.15) is 0 Å². The standard InChI is InChI=1S/C30H32FN2O9/c1-16-25(26(21-9-7-6-8-10-21)33(32-16)23-13-11-22(31)12-14-23)28-30(41-20(5)37)29(40-19(4)36)27(39-18(3)35)24(42-28)15-38-17(2)34/h6-14,16,24,27-30H,15H2,1-5H3/q+1/t16?,24-,27-,28+,29+,30+/m1/s1. The van der Waals surface area contributed by atoms with Gasteiger partial charge in [0, 0.05) is 45.4 Å². The second kappa shape index (κ2) is 13.0. The van der Waals surface area contributed by atoms with Crippen molar-refractivity contribution in [3.8, 4) is 0 Å². The van der Waals surface area contributed by atoms with E-state index in [2.05, 4.69) is 0 Å². The molecule has 11 nitrogen and oxygen atoms in total. The Labute approximate surface area is 241 Å². The molecule has 2 aliphatic heterocycles. The molecule has 6 atom stereocenters. The molecular formula is C30H32FN2O9+. The van der Waals surface area contributed by atoms with Gasteiger partial charge in [0.1, 0.15) is 30.7 Å². The van der Waals surface area contributed by atoms with Crippen LogP contribution in [0.3, 0.4) is 0 Å². The quantitative estimate of drug-likeness (QED) is 0.258. The molecule has 2 aromatic carbocycles. The number of halogens is 1. The van der Waals surface area contributed by atoms with Crippen LogP contribution in [0.1, 0.15) is 40.2 Å².